The summed E-state index contributed by atoms with van der Waals surface area (Å²) in [5.41, 5.74) is 6.34. The monoisotopic (exact) mass is 316 g/mol. The second kappa shape index (κ2) is 8.33. The Balaban J connectivity index is 2.70. The predicted molar refractivity (Wildman–Crippen MR) is 81.7 cm³/mol. The van der Waals surface area contributed by atoms with Crippen molar-refractivity contribution in [2.45, 2.75) is 25.3 Å². The van der Waals surface area contributed by atoms with Crippen LogP contribution in [0.4, 0.5) is 0 Å². The highest BCUT2D eigenvalue weighted by Gasteiger charge is 2.19. The van der Waals surface area contributed by atoms with Crippen LogP contribution in [0.15, 0.2) is 23.1 Å². The highest BCUT2D eigenvalue weighted by molar-refractivity contribution is 7.89. The molecule has 0 spiro atoms. The van der Waals surface area contributed by atoms with Gasteiger partial charge in [0.25, 0.3) is 0 Å². The van der Waals surface area contributed by atoms with E-state index < -0.39 is 10.0 Å². The molecule has 3 N–H and O–H groups in total. The van der Waals surface area contributed by atoms with Crippen LogP contribution in [0.3, 0.4) is 0 Å². The SMILES string of the molecule is COc1cc(CN)ccc1S(=O)(=O)NCCOCC(C)C. The Morgan fingerprint density at radius 2 is 2.05 bits per heavy atom. The van der Waals surface area contributed by atoms with E-state index in [0.717, 1.165) is 5.56 Å². The Morgan fingerprint density at radius 1 is 1.33 bits per heavy atom. The predicted octanol–water partition coefficient (Wildman–Crippen LogP) is 1.10. The lowest BCUT2D eigenvalue weighted by Gasteiger charge is -2.12. The summed E-state index contributed by atoms with van der Waals surface area (Å²) in [6.07, 6.45) is 0. The fraction of sp³-hybridized carbons (Fsp3) is 0.571. The summed E-state index contributed by atoms with van der Waals surface area (Å²) in [5.74, 6) is 0.707. The number of sulfonamides is 1. The summed E-state index contributed by atoms with van der Waals surface area (Å²) in [7, 11) is -2.19. The number of rotatable bonds is 9. The number of ether oxygens (including phenoxy) is 2. The number of nitrogens with one attached hydrogen (secondary N) is 1. The van der Waals surface area contributed by atoms with Crippen molar-refractivity contribution in [3.05, 3.63) is 23.8 Å². The molecule has 1 rings (SSSR count). The number of benzene rings is 1. The third-order valence-electron chi connectivity index (χ3n) is 2.74. The van der Waals surface area contributed by atoms with E-state index in [2.05, 4.69) is 4.72 Å². The van der Waals surface area contributed by atoms with Crippen LogP contribution in [0.25, 0.3) is 0 Å². The lowest BCUT2D eigenvalue weighted by molar-refractivity contribution is 0.114. The van der Waals surface area contributed by atoms with Crippen LogP contribution < -0.4 is 15.2 Å². The van der Waals surface area contributed by atoms with Crippen molar-refractivity contribution in [3.63, 3.8) is 0 Å². The second-order valence-corrected chi connectivity index (χ2v) is 6.79. The van der Waals surface area contributed by atoms with Crippen LogP contribution in [-0.2, 0) is 21.3 Å². The molecule has 0 atom stereocenters. The first-order valence-corrected chi connectivity index (χ1v) is 8.33. The third kappa shape index (κ3) is 5.62. The highest BCUT2D eigenvalue weighted by Crippen LogP contribution is 2.24. The quantitative estimate of drug-likeness (QED) is 0.666. The Labute approximate surface area is 126 Å². The van der Waals surface area contributed by atoms with Gasteiger partial charge in [0.15, 0.2) is 0 Å². The van der Waals surface area contributed by atoms with Crippen molar-refractivity contribution in [2.24, 2.45) is 11.7 Å². The molecular weight excluding hydrogens is 292 g/mol. The molecular formula is C14H24N2O4S. The molecule has 0 unspecified atom stereocenters. The van der Waals surface area contributed by atoms with Crippen LogP contribution in [0.1, 0.15) is 19.4 Å². The summed E-state index contributed by atoms with van der Waals surface area (Å²) in [4.78, 5) is 0.103. The number of hydrogen-bond donors (Lipinski definition) is 2. The topological polar surface area (TPSA) is 90.7 Å². The molecule has 0 aliphatic heterocycles. The average Bonchev–Trinajstić information content (AvgIpc) is 2.45. The minimum atomic E-state index is -3.62. The van der Waals surface area contributed by atoms with Gasteiger partial charge in [-0.3, -0.25) is 0 Å². The van der Waals surface area contributed by atoms with Crippen LogP contribution in [0, 0.1) is 5.92 Å². The maximum atomic E-state index is 12.2. The molecule has 0 aliphatic carbocycles. The van der Waals surface area contributed by atoms with Crippen molar-refractivity contribution in [3.8, 4) is 5.75 Å². The van der Waals surface area contributed by atoms with Gasteiger partial charge < -0.3 is 15.2 Å². The second-order valence-electron chi connectivity index (χ2n) is 5.06. The molecule has 0 aliphatic rings. The maximum Gasteiger partial charge on any atom is 0.244 e. The number of methoxy groups -OCH3 is 1. The zero-order valence-corrected chi connectivity index (χ0v) is 13.6. The Kier molecular flexibility index (Phi) is 7.10. The Hall–Kier alpha value is -1.15. The first kappa shape index (κ1) is 17.9. The van der Waals surface area contributed by atoms with Crippen molar-refractivity contribution in [1.29, 1.82) is 0 Å². The summed E-state index contributed by atoms with van der Waals surface area (Å²) >= 11 is 0. The Morgan fingerprint density at radius 3 is 2.62 bits per heavy atom. The molecule has 1 aromatic rings. The smallest absolute Gasteiger partial charge is 0.244 e. The molecule has 0 aromatic heterocycles. The lowest BCUT2D eigenvalue weighted by atomic mass is 10.2. The van der Waals surface area contributed by atoms with Crippen molar-refractivity contribution >= 4 is 10.0 Å². The Bertz CT molecular complexity index is 544. The molecule has 0 saturated heterocycles. The largest absolute Gasteiger partial charge is 0.495 e. The first-order chi connectivity index (χ1) is 9.90. The fourth-order valence-electron chi connectivity index (χ4n) is 1.71. The van der Waals surface area contributed by atoms with Gasteiger partial charge in [-0.15, -0.1) is 0 Å². The van der Waals surface area contributed by atoms with E-state index >= 15 is 0 Å². The van der Waals surface area contributed by atoms with Gasteiger partial charge in [0.1, 0.15) is 10.6 Å². The molecule has 120 valence electrons. The lowest BCUT2D eigenvalue weighted by Crippen LogP contribution is -2.28. The zero-order valence-electron chi connectivity index (χ0n) is 12.8. The summed E-state index contributed by atoms with van der Waals surface area (Å²) < 4.78 is 37.4. The standard InChI is InChI=1S/C14H24N2O4S/c1-11(2)10-20-7-6-16-21(17,18)14-5-4-12(9-15)8-13(14)19-3/h4-5,8,11,16H,6-7,9-10,15H2,1-3H3. The maximum absolute atomic E-state index is 12.2. The van der Waals surface area contributed by atoms with Crippen molar-refractivity contribution < 1.29 is 17.9 Å². The van der Waals surface area contributed by atoms with Gasteiger partial charge in [-0.25, -0.2) is 13.1 Å². The van der Waals surface area contributed by atoms with E-state index in [9.17, 15) is 8.42 Å². The molecule has 0 heterocycles. The van der Waals surface area contributed by atoms with E-state index in [1.807, 2.05) is 13.8 Å². The third-order valence-corrected chi connectivity index (χ3v) is 4.24. The van der Waals surface area contributed by atoms with Gasteiger partial charge in [0, 0.05) is 19.7 Å². The summed E-state index contributed by atoms with van der Waals surface area (Å²) in [5, 5.41) is 0. The minimum Gasteiger partial charge on any atom is -0.495 e. The van der Waals surface area contributed by atoms with Gasteiger partial charge in [-0.2, -0.15) is 0 Å². The molecule has 6 nitrogen and oxygen atoms in total. The molecule has 0 saturated carbocycles. The van der Waals surface area contributed by atoms with E-state index in [1.165, 1.54) is 13.2 Å². The normalized spacial score (nSPS) is 11.9. The van der Waals surface area contributed by atoms with Gasteiger partial charge in [-0.05, 0) is 23.6 Å². The molecule has 1 aromatic carbocycles. The van der Waals surface area contributed by atoms with E-state index in [0.29, 0.717) is 25.7 Å². The fourth-order valence-corrected chi connectivity index (χ4v) is 2.87. The van der Waals surface area contributed by atoms with Crippen molar-refractivity contribution in [2.75, 3.05) is 26.9 Å². The molecule has 21 heavy (non-hydrogen) atoms. The summed E-state index contributed by atoms with van der Waals surface area (Å²) in [6, 6.07) is 4.80. The van der Waals surface area contributed by atoms with Gasteiger partial charge in [0.2, 0.25) is 10.0 Å². The van der Waals surface area contributed by atoms with E-state index in [1.54, 1.807) is 12.1 Å². The molecule has 0 radical (unpaired) electrons. The highest BCUT2D eigenvalue weighted by atomic mass is 32.2. The molecule has 0 fully saturated rings. The van der Waals surface area contributed by atoms with Gasteiger partial charge in [-0.1, -0.05) is 19.9 Å². The average molecular weight is 316 g/mol. The molecule has 7 heteroatoms. The number of nitrogens with two attached hydrogens (primary N) is 1. The van der Waals surface area contributed by atoms with Crippen LogP contribution in [0.2, 0.25) is 0 Å². The van der Waals surface area contributed by atoms with Crippen LogP contribution in [0.5, 0.6) is 5.75 Å². The zero-order chi connectivity index (χ0) is 15.9. The molecule has 0 amide bonds. The van der Waals surface area contributed by atoms with Crippen LogP contribution in [-0.4, -0.2) is 35.3 Å². The van der Waals surface area contributed by atoms with E-state index in [-0.39, 0.29) is 17.2 Å². The van der Waals surface area contributed by atoms with Crippen molar-refractivity contribution in [1.82, 2.24) is 4.72 Å². The molecule has 0 bridgehead atoms. The minimum absolute atomic E-state index is 0.103. The van der Waals surface area contributed by atoms with Gasteiger partial charge >= 0.3 is 0 Å². The first-order valence-electron chi connectivity index (χ1n) is 6.85. The van der Waals surface area contributed by atoms with Crippen LogP contribution >= 0.6 is 0 Å². The van der Waals surface area contributed by atoms with Gasteiger partial charge in [0.05, 0.1) is 13.7 Å². The summed E-state index contributed by atoms with van der Waals surface area (Å²) in [6.45, 7) is 5.56. The number of hydrogen-bond acceptors (Lipinski definition) is 5. The van der Waals surface area contributed by atoms with E-state index in [4.69, 9.17) is 15.2 Å².